The summed E-state index contributed by atoms with van der Waals surface area (Å²) in [6.07, 6.45) is 0. The van der Waals surface area contributed by atoms with E-state index in [1.54, 1.807) is 54.4 Å². The summed E-state index contributed by atoms with van der Waals surface area (Å²) in [7, 11) is 1.76. The Morgan fingerprint density at radius 3 is 2.44 bits per heavy atom. The van der Waals surface area contributed by atoms with Crippen LogP contribution in [0.2, 0.25) is 0 Å². The van der Waals surface area contributed by atoms with Crippen LogP contribution in [0.3, 0.4) is 0 Å². The number of H-pyrrole nitrogens is 1. The highest BCUT2D eigenvalue weighted by molar-refractivity contribution is 5.92. The fraction of sp³-hybridized carbons (Fsp3) is 0.167. The topological polar surface area (TPSA) is 125 Å². The van der Waals surface area contributed by atoms with E-state index in [1.165, 1.54) is 6.07 Å². The summed E-state index contributed by atoms with van der Waals surface area (Å²) in [6, 6.07) is 22.8. The molecule has 3 N–H and O–H groups in total. The van der Waals surface area contributed by atoms with Gasteiger partial charge in [0.15, 0.2) is 17.3 Å². The van der Waals surface area contributed by atoms with E-state index in [-0.39, 0.29) is 24.8 Å². The Hall–Kier alpha value is -4.44. The summed E-state index contributed by atoms with van der Waals surface area (Å²) in [4.78, 5) is 14.4. The van der Waals surface area contributed by atoms with Crippen molar-refractivity contribution in [3.63, 3.8) is 0 Å². The summed E-state index contributed by atoms with van der Waals surface area (Å²) in [5.41, 5.74) is 0.641. The van der Waals surface area contributed by atoms with Crippen molar-refractivity contribution in [2.75, 3.05) is 25.5 Å². The van der Waals surface area contributed by atoms with Crippen molar-refractivity contribution in [1.82, 2.24) is 25.5 Å². The van der Waals surface area contributed by atoms with Gasteiger partial charge in [-0.15, -0.1) is 5.10 Å². The van der Waals surface area contributed by atoms with Crippen LogP contribution in [0.1, 0.15) is 11.9 Å². The molecule has 1 unspecified atom stereocenters. The molecule has 0 fully saturated rings. The number of aromatic amines is 1. The highest BCUT2D eigenvalue weighted by Gasteiger charge is 2.24. The van der Waals surface area contributed by atoms with Crippen LogP contribution in [0.25, 0.3) is 0 Å². The average Bonchev–Trinajstić information content (AvgIpc) is 3.37. The number of aromatic nitrogens is 4. The normalized spacial score (nSPS) is 11.7. The van der Waals surface area contributed by atoms with E-state index in [4.69, 9.17) is 9.47 Å². The van der Waals surface area contributed by atoms with E-state index in [1.807, 2.05) is 30.3 Å². The van der Waals surface area contributed by atoms with E-state index in [9.17, 15) is 9.90 Å². The van der Waals surface area contributed by atoms with E-state index < -0.39 is 6.04 Å². The fourth-order valence-electron chi connectivity index (χ4n) is 3.24. The summed E-state index contributed by atoms with van der Waals surface area (Å²) >= 11 is 0. The lowest BCUT2D eigenvalue weighted by molar-refractivity contribution is -0.117. The standard InChI is InChI=1S/C24H24N6O4/c1-30(20(24-26-28-29-27-24)16-33-22-10-6-5-9-21(22)31)15-23(32)25-17-11-13-19(14-12-17)34-18-7-3-2-4-8-18/h2-14,20,31H,15-16H2,1H3,(H,25,32)(H,26,27,28,29). The zero-order chi connectivity index (χ0) is 23.8. The zero-order valence-corrected chi connectivity index (χ0v) is 18.5. The highest BCUT2D eigenvalue weighted by Crippen LogP contribution is 2.27. The molecule has 0 bridgehead atoms. The third-order valence-corrected chi connectivity index (χ3v) is 4.98. The number of nitrogens with one attached hydrogen (secondary N) is 2. The van der Waals surface area contributed by atoms with Gasteiger partial charge in [0.1, 0.15) is 24.1 Å². The van der Waals surface area contributed by atoms with E-state index in [0.29, 0.717) is 23.0 Å². The lowest BCUT2D eigenvalue weighted by Crippen LogP contribution is -2.36. The lowest BCUT2D eigenvalue weighted by Gasteiger charge is -2.25. The quantitative estimate of drug-likeness (QED) is 0.329. The van der Waals surface area contributed by atoms with Gasteiger partial charge in [-0.1, -0.05) is 30.3 Å². The summed E-state index contributed by atoms with van der Waals surface area (Å²) in [5, 5.41) is 26.7. The molecule has 0 spiro atoms. The van der Waals surface area contributed by atoms with Crippen LogP contribution >= 0.6 is 0 Å². The van der Waals surface area contributed by atoms with Gasteiger partial charge in [-0.2, -0.15) is 0 Å². The molecular weight excluding hydrogens is 436 g/mol. The van der Waals surface area contributed by atoms with Gasteiger partial charge in [0.25, 0.3) is 0 Å². The van der Waals surface area contributed by atoms with Crippen LogP contribution in [0, 0.1) is 0 Å². The highest BCUT2D eigenvalue weighted by atomic mass is 16.5. The Balaban J connectivity index is 1.35. The second-order valence-electron chi connectivity index (χ2n) is 7.48. The number of nitrogens with zero attached hydrogens (tertiary/aromatic N) is 4. The molecule has 34 heavy (non-hydrogen) atoms. The minimum Gasteiger partial charge on any atom is -0.504 e. The predicted molar refractivity (Wildman–Crippen MR) is 125 cm³/mol. The number of tetrazole rings is 1. The van der Waals surface area contributed by atoms with Crippen LogP contribution in [-0.2, 0) is 4.79 Å². The number of carbonyl (C=O) groups excluding carboxylic acids is 1. The Kier molecular flexibility index (Phi) is 7.31. The second kappa shape index (κ2) is 10.9. The number of amides is 1. The molecule has 0 aliphatic rings. The third kappa shape index (κ3) is 6.08. The molecule has 0 saturated carbocycles. The number of ether oxygens (including phenoxy) is 2. The maximum atomic E-state index is 12.7. The molecule has 1 aromatic heterocycles. The molecule has 0 saturated heterocycles. The van der Waals surface area contributed by atoms with Crippen molar-refractivity contribution in [3.8, 4) is 23.0 Å². The maximum absolute atomic E-state index is 12.7. The van der Waals surface area contributed by atoms with Gasteiger partial charge < -0.3 is 19.9 Å². The number of likely N-dealkylation sites (N-methyl/N-ethyl adjacent to an activating group) is 1. The number of anilines is 1. The Bertz CT molecular complexity index is 1190. The van der Waals surface area contributed by atoms with Gasteiger partial charge in [-0.3, -0.25) is 9.69 Å². The molecular formula is C24H24N6O4. The number of carbonyl (C=O) groups is 1. The average molecular weight is 460 g/mol. The number of hydrogen-bond donors (Lipinski definition) is 3. The molecule has 4 aromatic rings. The SMILES string of the molecule is CN(CC(=O)Nc1ccc(Oc2ccccc2)cc1)C(COc1ccccc1O)c1nnn[nH]1. The summed E-state index contributed by atoms with van der Waals surface area (Å²) in [6.45, 7) is 0.168. The monoisotopic (exact) mass is 460 g/mol. The number of phenolic OH excluding ortho intramolecular Hbond substituents is 1. The number of phenols is 1. The molecule has 0 radical (unpaired) electrons. The van der Waals surface area contributed by atoms with Crippen molar-refractivity contribution in [3.05, 3.63) is 84.7 Å². The summed E-state index contributed by atoms with van der Waals surface area (Å²) in [5.74, 6) is 1.97. The zero-order valence-electron chi connectivity index (χ0n) is 18.5. The number of hydrogen-bond acceptors (Lipinski definition) is 8. The number of rotatable bonds is 10. The first-order chi connectivity index (χ1) is 16.6. The molecule has 1 amide bonds. The molecule has 4 rings (SSSR count). The van der Waals surface area contributed by atoms with Crippen LogP contribution in [0.5, 0.6) is 23.0 Å². The Morgan fingerprint density at radius 2 is 1.74 bits per heavy atom. The minimum atomic E-state index is -0.456. The molecule has 1 atom stereocenters. The van der Waals surface area contributed by atoms with Gasteiger partial charge in [0.2, 0.25) is 5.91 Å². The van der Waals surface area contributed by atoms with E-state index >= 15 is 0 Å². The van der Waals surface area contributed by atoms with Crippen LogP contribution < -0.4 is 14.8 Å². The number of benzene rings is 3. The molecule has 10 nitrogen and oxygen atoms in total. The van der Waals surface area contributed by atoms with Crippen molar-refractivity contribution < 1.29 is 19.4 Å². The van der Waals surface area contributed by atoms with Gasteiger partial charge in [0.05, 0.1) is 6.54 Å². The first-order valence-corrected chi connectivity index (χ1v) is 10.6. The first-order valence-electron chi connectivity index (χ1n) is 10.6. The molecule has 0 aliphatic heterocycles. The molecule has 10 heteroatoms. The lowest BCUT2D eigenvalue weighted by atomic mass is 10.2. The van der Waals surface area contributed by atoms with Gasteiger partial charge in [0, 0.05) is 5.69 Å². The predicted octanol–water partition coefficient (Wildman–Crippen LogP) is 3.39. The van der Waals surface area contributed by atoms with E-state index in [2.05, 4.69) is 25.9 Å². The third-order valence-electron chi connectivity index (χ3n) is 4.98. The van der Waals surface area contributed by atoms with Crippen molar-refractivity contribution in [2.24, 2.45) is 0 Å². The summed E-state index contributed by atoms with van der Waals surface area (Å²) < 4.78 is 11.5. The van der Waals surface area contributed by atoms with Crippen molar-refractivity contribution in [2.45, 2.75) is 6.04 Å². The van der Waals surface area contributed by atoms with Gasteiger partial charge >= 0.3 is 0 Å². The number of aromatic hydroxyl groups is 1. The van der Waals surface area contributed by atoms with Crippen molar-refractivity contribution >= 4 is 11.6 Å². The minimum absolute atomic E-state index is 0.0250. The van der Waals surface area contributed by atoms with Crippen LogP contribution in [0.15, 0.2) is 78.9 Å². The largest absolute Gasteiger partial charge is 0.504 e. The molecule has 0 aliphatic carbocycles. The number of para-hydroxylation sites is 3. The fourth-order valence-corrected chi connectivity index (χ4v) is 3.24. The van der Waals surface area contributed by atoms with Crippen LogP contribution in [0.4, 0.5) is 5.69 Å². The van der Waals surface area contributed by atoms with Crippen LogP contribution in [-0.4, -0.2) is 56.7 Å². The molecule has 3 aromatic carbocycles. The van der Waals surface area contributed by atoms with Gasteiger partial charge in [-0.05, 0) is 66.0 Å². The first kappa shape index (κ1) is 22.7. The van der Waals surface area contributed by atoms with Crippen molar-refractivity contribution in [1.29, 1.82) is 0 Å². The Morgan fingerprint density at radius 1 is 1.03 bits per heavy atom. The maximum Gasteiger partial charge on any atom is 0.238 e. The smallest absolute Gasteiger partial charge is 0.238 e. The molecule has 1 heterocycles. The molecule has 174 valence electrons. The Labute approximate surface area is 196 Å². The second-order valence-corrected chi connectivity index (χ2v) is 7.48. The van der Waals surface area contributed by atoms with E-state index in [0.717, 1.165) is 5.75 Å². The van der Waals surface area contributed by atoms with Gasteiger partial charge in [-0.25, -0.2) is 5.10 Å².